The largest absolute Gasteiger partial charge is 0.379 e. The molecule has 0 atom stereocenters. The highest BCUT2D eigenvalue weighted by Gasteiger charge is 2.36. The molecule has 0 radical (unpaired) electrons. The van der Waals surface area contributed by atoms with Gasteiger partial charge < -0.3 is 4.74 Å². The van der Waals surface area contributed by atoms with Crippen molar-refractivity contribution in [3.05, 3.63) is 35.6 Å². The van der Waals surface area contributed by atoms with E-state index in [1.54, 1.807) is 12.1 Å². The van der Waals surface area contributed by atoms with Crippen LogP contribution in [0.25, 0.3) is 0 Å². The van der Waals surface area contributed by atoms with Crippen LogP contribution in [0.5, 0.6) is 0 Å². The fourth-order valence-corrected chi connectivity index (χ4v) is 4.99. The third-order valence-electron chi connectivity index (χ3n) is 5.15. The quantitative estimate of drug-likeness (QED) is 0.880. The van der Waals surface area contributed by atoms with E-state index in [9.17, 15) is 12.8 Å². The van der Waals surface area contributed by atoms with Crippen LogP contribution < -0.4 is 4.72 Å². The van der Waals surface area contributed by atoms with E-state index in [4.69, 9.17) is 4.74 Å². The summed E-state index contributed by atoms with van der Waals surface area (Å²) in [4.78, 5) is 0. The molecule has 5 nitrogen and oxygen atoms in total. The molecule has 0 bridgehead atoms. The van der Waals surface area contributed by atoms with Crippen molar-refractivity contribution in [1.82, 2.24) is 9.03 Å². The molecule has 1 aromatic carbocycles. The van der Waals surface area contributed by atoms with Crippen LogP contribution in [0.1, 0.15) is 37.7 Å². The normalized spacial score (nSPS) is 22.4. The summed E-state index contributed by atoms with van der Waals surface area (Å²) < 4.78 is 48.2. The minimum Gasteiger partial charge on any atom is -0.379 e. The second-order valence-electron chi connectivity index (χ2n) is 6.69. The van der Waals surface area contributed by atoms with Gasteiger partial charge in [0, 0.05) is 25.0 Å². The fraction of sp³-hybridized carbons (Fsp3) is 0.647. The van der Waals surface area contributed by atoms with E-state index in [0.29, 0.717) is 32.8 Å². The Balaban J connectivity index is 1.77. The van der Waals surface area contributed by atoms with E-state index in [1.807, 2.05) is 6.07 Å². The second kappa shape index (κ2) is 7.47. The summed E-state index contributed by atoms with van der Waals surface area (Å²) in [7, 11) is -3.53. The lowest BCUT2D eigenvalue weighted by Gasteiger charge is -2.38. The first kappa shape index (κ1) is 17.8. The Morgan fingerprint density at radius 2 is 1.88 bits per heavy atom. The summed E-state index contributed by atoms with van der Waals surface area (Å²) in [5, 5.41) is 0. The Bertz CT molecular complexity index is 654. The number of rotatable bonds is 5. The number of nitrogens with zero attached hydrogens (tertiary/aromatic N) is 1. The van der Waals surface area contributed by atoms with Gasteiger partial charge in [-0.15, -0.1) is 0 Å². The van der Waals surface area contributed by atoms with Crippen LogP contribution >= 0.6 is 0 Å². The van der Waals surface area contributed by atoms with Gasteiger partial charge in [0.1, 0.15) is 5.82 Å². The molecule has 2 fully saturated rings. The lowest BCUT2D eigenvalue weighted by atomic mass is 9.69. The molecule has 3 rings (SSSR count). The number of hydrogen-bond acceptors (Lipinski definition) is 3. The summed E-state index contributed by atoms with van der Waals surface area (Å²) >= 11 is 0. The zero-order valence-corrected chi connectivity index (χ0v) is 14.7. The van der Waals surface area contributed by atoms with E-state index in [-0.39, 0.29) is 11.2 Å². The number of benzene rings is 1. The Kier molecular flexibility index (Phi) is 5.54. The summed E-state index contributed by atoms with van der Waals surface area (Å²) in [6, 6.07) is 6.60. The molecule has 134 valence electrons. The van der Waals surface area contributed by atoms with E-state index in [2.05, 4.69) is 4.72 Å². The van der Waals surface area contributed by atoms with Gasteiger partial charge in [-0.1, -0.05) is 31.4 Å². The van der Waals surface area contributed by atoms with E-state index in [1.165, 1.54) is 10.4 Å². The molecule has 7 heteroatoms. The van der Waals surface area contributed by atoms with E-state index in [0.717, 1.165) is 37.7 Å². The predicted octanol–water partition coefficient (Wildman–Crippen LogP) is 2.19. The van der Waals surface area contributed by atoms with Crippen molar-refractivity contribution in [3.8, 4) is 0 Å². The van der Waals surface area contributed by atoms with Crippen LogP contribution in [-0.2, 0) is 20.4 Å². The van der Waals surface area contributed by atoms with E-state index >= 15 is 0 Å². The molecular formula is C17H25FN2O3S. The van der Waals surface area contributed by atoms with Crippen LogP contribution in [0.4, 0.5) is 4.39 Å². The molecule has 0 amide bonds. The molecule has 1 saturated carbocycles. The third kappa shape index (κ3) is 3.96. The van der Waals surface area contributed by atoms with Crippen LogP contribution in [0.3, 0.4) is 0 Å². The lowest BCUT2D eigenvalue weighted by molar-refractivity contribution is 0.0723. The Labute approximate surface area is 143 Å². The second-order valence-corrected chi connectivity index (χ2v) is 8.44. The minimum absolute atomic E-state index is 0.270. The van der Waals surface area contributed by atoms with Crippen LogP contribution in [0.2, 0.25) is 0 Å². The maximum absolute atomic E-state index is 13.7. The average molecular weight is 356 g/mol. The van der Waals surface area contributed by atoms with Crippen molar-refractivity contribution in [2.75, 3.05) is 32.8 Å². The van der Waals surface area contributed by atoms with Gasteiger partial charge in [0.05, 0.1) is 13.2 Å². The van der Waals surface area contributed by atoms with Crippen LogP contribution in [-0.4, -0.2) is 45.6 Å². The van der Waals surface area contributed by atoms with E-state index < -0.39 is 10.2 Å². The van der Waals surface area contributed by atoms with Gasteiger partial charge in [-0.05, 0) is 30.5 Å². The standard InChI is InChI=1S/C17H25FN2O3S/c18-16-6-4-5-15(13-16)17(7-2-1-3-8-17)14-19-24(21,22)20-9-11-23-12-10-20/h4-6,13,19H,1-3,7-12,14H2. The first-order chi connectivity index (χ1) is 11.5. The van der Waals surface area contributed by atoms with Gasteiger partial charge >= 0.3 is 0 Å². The zero-order valence-electron chi connectivity index (χ0n) is 13.8. The molecule has 1 N–H and O–H groups in total. The SMILES string of the molecule is O=S(=O)(NCC1(c2cccc(F)c2)CCCCC1)N1CCOCC1. The summed E-state index contributed by atoms with van der Waals surface area (Å²) in [5.41, 5.74) is 0.576. The Hall–Kier alpha value is -1.02. The molecule has 1 aliphatic heterocycles. The smallest absolute Gasteiger partial charge is 0.279 e. The molecule has 1 aromatic rings. The predicted molar refractivity (Wildman–Crippen MR) is 90.5 cm³/mol. The first-order valence-corrected chi connectivity index (χ1v) is 10.0. The molecule has 1 saturated heterocycles. The van der Waals surface area contributed by atoms with Crippen molar-refractivity contribution < 1.29 is 17.5 Å². The Morgan fingerprint density at radius 3 is 2.54 bits per heavy atom. The molecule has 0 spiro atoms. The number of halogens is 1. The van der Waals surface area contributed by atoms with Gasteiger partial charge in [0.2, 0.25) is 0 Å². The summed E-state index contributed by atoms with van der Waals surface area (Å²) in [6.45, 7) is 1.92. The molecule has 0 aromatic heterocycles. The van der Waals surface area contributed by atoms with Crippen LogP contribution in [0.15, 0.2) is 24.3 Å². The van der Waals surface area contributed by atoms with Crippen molar-refractivity contribution >= 4 is 10.2 Å². The highest BCUT2D eigenvalue weighted by atomic mass is 32.2. The van der Waals surface area contributed by atoms with Crippen LogP contribution in [0, 0.1) is 5.82 Å². The monoisotopic (exact) mass is 356 g/mol. The minimum atomic E-state index is -3.53. The third-order valence-corrected chi connectivity index (χ3v) is 6.70. The van der Waals surface area contributed by atoms with Gasteiger partial charge in [0.25, 0.3) is 10.2 Å². The van der Waals surface area contributed by atoms with Crippen molar-refractivity contribution in [2.24, 2.45) is 0 Å². The molecule has 24 heavy (non-hydrogen) atoms. The van der Waals surface area contributed by atoms with Crippen molar-refractivity contribution in [2.45, 2.75) is 37.5 Å². The fourth-order valence-electron chi connectivity index (χ4n) is 3.72. The van der Waals surface area contributed by atoms with Gasteiger partial charge in [-0.3, -0.25) is 0 Å². The first-order valence-electron chi connectivity index (χ1n) is 8.60. The molecule has 0 unspecified atom stereocenters. The van der Waals surface area contributed by atoms with Gasteiger partial charge in [-0.25, -0.2) is 9.11 Å². The summed E-state index contributed by atoms with van der Waals surface area (Å²) in [6.07, 6.45) is 4.98. The maximum atomic E-state index is 13.7. The molecular weight excluding hydrogens is 331 g/mol. The Morgan fingerprint density at radius 1 is 1.17 bits per heavy atom. The molecule has 1 heterocycles. The molecule has 1 aliphatic carbocycles. The van der Waals surface area contributed by atoms with Crippen molar-refractivity contribution in [3.63, 3.8) is 0 Å². The number of ether oxygens (including phenoxy) is 1. The highest BCUT2D eigenvalue weighted by Crippen LogP contribution is 2.39. The number of hydrogen-bond donors (Lipinski definition) is 1. The van der Waals surface area contributed by atoms with Gasteiger partial charge in [0.15, 0.2) is 0 Å². The highest BCUT2D eigenvalue weighted by molar-refractivity contribution is 7.87. The zero-order chi connectivity index (χ0) is 17.0. The maximum Gasteiger partial charge on any atom is 0.279 e. The average Bonchev–Trinajstić information content (AvgIpc) is 2.62. The van der Waals surface area contributed by atoms with Gasteiger partial charge in [-0.2, -0.15) is 12.7 Å². The van der Waals surface area contributed by atoms with Crippen molar-refractivity contribution in [1.29, 1.82) is 0 Å². The number of nitrogens with one attached hydrogen (secondary N) is 1. The lowest BCUT2D eigenvalue weighted by Crippen LogP contribution is -2.50. The number of morpholine rings is 1. The molecule has 2 aliphatic rings. The summed E-state index contributed by atoms with van der Waals surface area (Å²) in [5.74, 6) is -0.270. The topological polar surface area (TPSA) is 58.6 Å².